The summed E-state index contributed by atoms with van der Waals surface area (Å²) in [5, 5.41) is 12.1. The van der Waals surface area contributed by atoms with Crippen LogP contribution in [0.25, 0.3) is 32.7 Å². The van der Waals surface area contributed by atoms with Gasteiger partial charge in [-0.15, -0.1) is 10.2 Å². The van der Waals surface area contributed by atoms with Crippen molar-refractivity contribution in [2.75, 3.05) is 49.2 Å². The van der Waals surface area contributed by atoms with Crippen molar-refractivity contribution in [3.63, 3.8) is 0 Å². The van der Waals surface area contributed by atoms with Crippen LogP contribution in [0.4, 0.5) is 11.6 Å². The second-order valence-corrected chi connectivity index (χ2v) is 14.5. The first-order chi connectivity index (χ1) is 26.4. The van der Waals surface area contributed by atoms with E-state index in [1.54, 1.807) is 11.6 Å². The molecule has 7 aromatic rings. The molecule has 0 N–H and O–H groups in total. The van der Waals surface area contributed by atoms with Crippen molar-refractivity contribution < 1.29 is 4.74 Å². The van der Waals surface area contributed by atoms with Crippen LogP contribution in [0, 0.1) is 6.92 Å². The Bertz CT molecular complexity index is 2700. The highest BCUT2D eigenvalue weighted by Gasteiger charge is 2.29. The lowest BCUT2D eigenvalue weighted by Crippen LogP contribution is -2.45. The average Bonchev–Trinajstić information content (AvgIpc) is 3.45. The standard InChI is InChI=1S/C42H42N8O4/c1-28-13-14-35-34(23-28)40(51)50(41(52)45(35)2)31-15-17-46(18-16-31)38-32-24-36-37(25-33(32)39(44-43-38)47-19-21-54-22-20-47)49(27-30-11-7-4-8-12-30)42(53)48(36)26-29-9-5-3-6-10-29/h3-14,23-25,31H,15-22,26-27H2,1-2H3. The Morgan fingerprint density at radius 1 is 0.630 bits per heavy atom. The third-order valence-electron chi connectivity index (χ3n) is 11.1. The Labute approximate surface area is 311 Å². The number of hydrogen-bond donors (Lipinski definition) is 0. The number of aromatic nitrogens is 6. The molecule has 3 aromatic heterocycles. The zero-order valence-electron chi connectivity index (χ0n) is 30.5. The first kappa shape index (κ1) is 33.8. The molecule has 0 atom stereocenters. The van der Waals surface area contributed by atoms with Crippen molar-refractivity contribution in [3.05, 3.63) is 139 Å². The van der Waals surface area contributed by atoms with E-state index in [1.807, 2.05) is 94.9 Å². The second-order valence-electron chi connectivity index (χ2n) is 14.5. The number of aryl methyl sites for hydroxylation is 2. The fourth-order valence-electron chi connectivity index (χ4n) is 8.27. The zero-order valence-corrected chi connectivity index (χ0v) is 30.5. The van der Waals surface area contributed by atoms with Crippen LogP contribution in [0.2, 0.25) is 0 Å². The summed E-state index contributed by atoms with van der Waals surface area (Å²) in [5.74, 6) is 1.50. The number of rotatable bonds is 7. The topological polar surface area (TPSA) is 112 Å². The van der Waals surface area contributed by atoms with Crippen LogP contribution in [-0.4, -0.2) is 67.9 Å². The Kier molecular flexibility index (Phi) is 8.61. The van der Waals surface area contributed by atoms with Crippen LogP contribution in [0.5, 0.6) is 0 Å². The normalized spacial score (nSPS) is 15.5. The highest BCUT2D eigenvalue weighted by molar-refractivity contribution is 6.06. The summed E-state index contributed by atoms with van der Waals surface area (Å²) >= 11 is 0. The fourth-order valence-corrected chi connectivity index (χ4v) is 8.27. The number of morpholine rings is 1. The van der Waals surface area contributed by atoms with Gasteiger partial charge in [-0.3, -0.25) is 23.1 Å². The van der Waals surface area contributed by atoms with Gasteiger partial charge in [0.05, 0.1) is 48.2 Å². The maximum Gasteiger partial charge on any atom is 0.331 e. The van der Waals surface area contributed by atoms with E-state index in [4.69, 9.17) is 14.9 Å². The van der Waals surface area contributed by atoms with Crippen LogP contribution >= 0.6 is 0 Å². The van der Waals surface area contributed by atoms with E-state index < -0.39 is 0 Å². The molecular formula is C42H42N8O4. The molecule has 274 valence electrons. The summed E-state index contributed by atoms with van der Waals surface area (Å²) in [7, 11) is 1.73. The molecule has 0 aliphatic carbocycles. The molecule has 0 radical (unpaired) electrons. The molecule has 12 nitrogen and oxygen atoms in total. The van der Waals surface area contributed by atoms with Crippen LogP contribution in [0.15, 0.2) is 105 Å². The van der Waals surface area contributed by atoms with E-state index in [9.17, 15) is 14.4 Å². The number of nitrogens with zero attached hydrogens (tertiary/aromatic N) is 8. The van der Waals surface area contributed by atoms with Crippen LogP contribution in [0.1, 0.15) is 35.6 Å². The van der Waals surface area contributed by atoms with Gasteiger partial charge in [-0.1, -0.05) is 72.3 Å². The van der Waals surface area contributed by atoms with Gasteiger partial charge in [0, 0.05) is 50.0 Å². The number of anilines is 2. The molecular weight excluding hydrogens is 681 g/mol. The SMILES string of the molecule is Cc1ccc2c(c1)c(=O)n(C1CCN(c3nnc(N4CCOCC4)c4cc5c(cc34)n(Cc3ccccc3)c(=O)n5Cc3ccccc3)CC1)c(=O)n2C. The molecule has 0 bridgehead atoms. The van der Waals surface area contributed by atoms with E-state index in [0.717, 1.165) is 50.1 Å². The lowest BCUT2D eigenvalue weighted by molar-refractivity contribution is 0.122. The number of hydrogen-bond acceptors (Lipinski definition) is 8. The molecule has 2 aliphatic rings. The number of benzene rings is 4. The van der Waals surface area contributed by atoms with E-state index in [1.165, 1.54) is 4.57 Å². The molecule has 0 unspecified atom stereocenters. The summed E-state index contributed by atoms with van der Waals surface area (Å²) in [6, 6.07) is 29.7. The minimum absolute atomic E-state index is 0.0816. The van der Waals surface area contributed by atoms with Gasteiger partial charge in [0.25, 0.3) is 5.56 Å². The largest absolute Gasteiger partial charge is 0.378 e. The van der Waals surface area contributed by atoms with Crippen molar-refractivity contribution >= 4 is 44.3 Å². The molecule has 54 heavy (non-hydrogen) atoms. The van der Waals surface area contributed by atoms with Crippen molar-refractivity contribution in [2.45, 2.75) is 38.9 Å². The minimum Gasteiger partial charge on any atom is -0.378 e. The minimum atomic E-state index is -0.297. The van der Waals surface area contributed by atoms with Gasteiger partial charge in [-0.25, -0.2) is 9.59 Å². The molecule has 0 spiro atoms. The van der Waals surface area contributed by atoms with E-state index in [-0.39, 0.29) is 23.0 Å². The summed E-state index contributed by atoms with van der Waals surface area (Å²) in [5.41, 5.74) is 4.73. The summed E-state index contributed by atoms with van der Waals surface area (Å²) in [4.78, 5) is 46.2. The van der Waals surface area contributed by atoms with Gasteiger partial charge in [0.2, 0.25) is 0 Å². The van der Waals surface area contributed by atoms with E-state index in [2.05, 4.69) is 21.9 Å². The predicted octanol–water partition coefficient (Wildman–Crippen LogP) is 4.84. The molecule has 2 saturated heterocycles. The number of piperidine rings is 1. The van der Waals surface area contributed by atoms with Crippen molar-refractivity contribution in [1.82, 2.24) is 28.5 Å². The molecule has 12 heteroatoms. The number of ether oxygens (including phenoxy) is 1. The van der Waals surface area contributed by atoms with Crippen molar-refractivity contribution in [1.29, 1.82) is 0 Å². The predicted molar refractivity (Wildman–Crippen MR) is 212 cm³/mol. The molecule has 5 heterocycles. The third kappa shape index (κ3) is 5.86. The lowest BCUT2D eigenvalue weighted by Gasteiger charge is -2.34. The summed E-state index contributed by atoms with van der Waals surface area (Å²) in [6.45, 7) is 6.54. The highest BCUT2D eigenvalue weighted by atomic mass is 16.5. The fraction of sp³-hybridized carbons (Fsp3) is 0.310. The van der Waals surface area contributed by atoms with E-state index in [0.29, 0.717) is 76.2 Å². The van der Waals surface area contributed by atoms with Gasteiger partial charge in [0.15, 0.2) is 11.6 Å². The second kappa shape index (κ2) is 13.8. The Morgan fingerprint density at radius 2 is 1.17 bits per heavy atom. The summed E-state index contributed by atoms with van der Waals surface area (Å²) < 4.78 is 12.4. The van der Waals surface area contributed by atoms with Gasteiger partial charge in [-0.2, -0.15) is 0 Å². The Hall–Kier alpha value is -6.01. The first-order valence-electron chi connectivity index (χ1n) is 18.7. The highest BCUT2D eigenvalue weighted by Crippen LogP contribution is 2.36. The Balaban J connectivity index is 1.16. The molecule has 4 aromatic carbocycles. The van der Waals surface area contributed by atoms with Crippen molar-refractivity contribution in [3.8, 4) is 0 Å². The quantitative estimate of drug-likeness (QED) is 0.230. The zero-order chi connectivity index (χ0) is 36.9. The average molecular weight is 723 g/mol. The molecule has 0 saturated carbocycles. The van der Waals surface area contributed by atoms with Crippen LogP contribution < -0.4 is 26.7 Å². The smallest absolute Gasteiger partial charge is 0.331 e. The van der Waals surface area contributed by atoms with E-state index >= 15 is 0 Å². The van der Waals surface area contributed by atoms with Gasteiger partial charge in [0.1, 0.15) is 0 Å². The van der Waals surface area contributed by atoms with Gasteiger partial charge < -0.3 is 14.5 Å². The maximum atomic E-state index is 14.4. The number of fused-ring (bicyclic) bond motifs is 3. The van der Waals surface area contributed by atoms with Crippen molar-refractivity contribution in [2.24, 2.45) is 7.05 Å². The number of imidazole rings is 1. The third-order valence-corrected chi connectivity index (χ3v) is 11.1. The Morgan fingerprint density at radius 3 is 1.72 bits per heavy atom. The van der Waals surface area contributed by atoms with Gasteiger partial charge >= 0.3 is 11.4 Å². The molecule has 0 amide bonds. The first-order valence-corrected chi connectivity index (χ1v) is 18.7. The van der Waals surface area contributed by atoms with Gasteiger partial charge in [-0.05, 0) is 55.2 Å². The van der Waals surface area contributed by atoms with Crippen LogP contribution in [0.3, 0.4) is 0 Å². The monoisotopic (exact) mass is 722 g/mol. The maximum absolute atomic E-state index is 14.4. The van der Waals surface area contributed by atoms with Crippen LogP contribution in [-0.2, 0) is 24.9 Å². The molecule has 2 aliphatic heterocycles. The molecule has 2 fully saturated rings. The summed E-state index contributed by atoms with van der Waals surface area (Å²) in [6.07, 6.45) is 1.19. The lowest BCUT2D eigenvalue weighted by atomic mass is 10.0. The molecule has 9 rings (SSSR count).